The maximum absolute atomic E-state index is 12.0. The monoisotopic (exact) mass is 317 g/mol. The Morgan fingerprint density at radius 1 is 1.22 bits per heavy atom. The second-order valence-corrected chi connectivity index (χ2v) is 5.96. The molecule has 0 aliphatic heterocycles. The third-order valence-electron chi connectivity index (χ3n) is 3.49. The van der Waals surface area contributed by atoms with Crippen molar-refractivity contribution in [3.8, 4) is 0 Å². The number of aromatic nitrogens is 2. The van der Waals surface area contributed by atoms with Crippen molar-refractivity contribution in [3.05, 3.63) is 62.4 Å². The van der Waals surface area contributed by atoms with E-state index in [0.717, 1.165) is 5.56 Å². The SMILES string of the molecule is CC(C)(CO)c1cccc(NC(=O)Cc2cc(=O)[nH]c(=O)[nH]2)c1. The van der Waals surface area contributed by atoms with Gasteiger partial charge < -0.3 is 15.4 Å². The maximum Gasteiger partial charge on any atom is 0.325 e. The molecule has 2 aromatic rings. The highest BCUT2D eigenvalue weighted by Crippen LogP contribution is 2.24. The van der Waals surface area contributed by atoms with Gasteiger partial charge >= 0.3 is 5.69 Å². The van der Waals surface area contributed by atoms with Gasteiger partial charge in [0.1, 0.15) is 0 Å². The Balaban J connectivity index is 2.13. The zero-order valence-corrected chi connectivity index (χ0v) is 13.0. The van der Waals surface area contributed by atoms with Crippen molar-refractivity contribution in [2.75, 3.05) is 11.9 Å². The first-order valence-electron chi connectivity index (χ1n) is 7.14. The summed E-state index contributed by atoms with van der Waals surface area (Å²) in [4.78, 5) is 38.9. The molecule has 122 valence electrons. The minimum Gasteiger partial charge on any atom is -0.395 e. The molecule has 0 radical (unpaired) electrons. The highest BCUT2D eigenvalue weighted by Gasteiger charge is 2.19. The standard InChI is InChI=1S/C16H19N3O4/c1-16(2,9-20)10-4-3-5-11(6-10)17-13(21)7-12-8-14(22)19-15(23)18-12/h3-6,8,20H,7,9H2,1-2H3,(H,17,21)(H2,18,19,22,23). The van der Waals surface area contributed by atoms with Gasteiger partial charge in [-0.1, -0.05) is 26.0 Å². The lowest BCUT2D eigenvalue weighted by atomic mass is 9.85. The molecule has 2 rings (SSSR count). The van der Waals surface area contributed by atoms with Crippen LogP contribution in [0, 0.1) is 0 Å². The second-order valence-electron chi connectivity index (χ2n) is 5.96. The van der Waals surface area contributed by atoms with Crippen LogP contribution in [0.4, 0.5) is 5.69 Å². The molecule has 0 unspecified atom stereocenters. The topological polar surface area (TPSA) is 115 Å². The predicted octanol–water partition coefficient (Wildman–Crippen LogP) is 0.514. The average Bonchev–Trinajstić information content (AvgIpc) is 2.46. The molecular formula is C16H19N3O4. The molecule has 1 aromatic carbocycles. The van der Waals surface area contributed by atoms with Gasteiger partial charge in [-0.05, 0) is 17.7 Å². The van der Waals surface area contributed by atoms with Crippen LogP contribution in [0.1, 0.15) is 25.1 Å². The number of carbonyl (C=O) groups is 1. The van der Waals surface area contributed by atoms with Gasteiger partial charge in [0, 0.05) is 22.9 Å². The Kier molecular flexibility index (Phi) is 4.80. The number of amides is 1. The lowest BCUT2D eigenvalue weighted by molar-refractivity contribution is -0.115. The number of aromatic amines is 2. The van der Waals surface area contributed by atoms with Crippen molar-refractivity contribution in [2.45, 2.75) is 25.7 Å². The Bertz CT molecular complexity index is 792. The molecule has 1 aromatic heterocycles. The van der Waals surface area contributed by atoms with E-state index in [1.807, 2.05) is 24.9 Å². The van der Waals surface area contributed by atoms with Crippen molar-refractivity contribution in [1.29, 1.82) is 0 Å². The molecule has 0 spiro atoms. The summed E-state index contributed by atoms with van der Waals surface area (Å²) in [6, 6.07) is 8.36. The number of H-pyrrole nitrogens is 2. The van der Waals surface area contributed by atoms with E-state index in [2.05, 4.69) is 10.3 Å². The predicted molar refractivity (Wildman–Crippen MR) is 86.6 cm³/mol. The number of aliphatic hydroxyl groups is 1. The Labute approximate surface area is 132 Å². The summed E-state index contributed by atoms with van der Waals surface area (Å²) in [5.74, 6) is -0.356. The number of nitrogens with one attached hydrogen (secondary N) is 3. The summed E-state index contributed by atoms with van der Waals surface area (Å²) in [6.45, 7) is 3.78. The highest BCUT2D eigenvalue weighted by molar-refractivity contribution is 5.92. The maximum atomic E-state index is 12.0. The molecule has 23 heavy (non-hydrogen) atoms. The summed E-state index contributed by atoms with van der Waals surface area (Å²) in [7, 11) is 0. The molecule has 1 amide bonds. The van der Waals surface area contributed by atoms with Crippen molar-refractivity contribution >= 4 is 11.6 Å². The highest BCUT2D eigenvalue weighted by atomic mass is 16.3. The number of anilines is 1. The molecule has 7 heteroatoms. The smallest absolute Gasteiger partial charge is 0.325 e. The van der Waals surface area contributed by atoms with Gasteiger partial charge in [0.15, 0.2) is 0 Å². The van der Waals surface area contributed by atoms with Gasteiger partial charge in [-0.15, -0.1) is 0 Å². The fourth-order valence-electron chi connectivity index (χ4n) is 2.10. The zero-order chi connectivity index (χ0) is 17.0. The van der Waals surface area contributed by atoms with Crippen molar-refractivity contribution in [3.63, 3.8) is 0 Å². The Morgan fingerprint density at radius 3 is 2.61 bits per heavy atom. The van der Waals surface area contributed by atoms with Crippen molar-refractivity contribution in [2.24, 2.45) is 0 Å². The van der Waals surface area contributed by atoms with Crippen LogP contribution < -0.4 is 16.6 Å². The van der Waals surface area contributed by atoms with E-state index in [1.165, 1.54) is 6.07 Å². The summed E-state index contributed by atoms with van der Waals surface area (Å²) in [6.07, 6.45) is -0.118. The van der Waals surface area contributed by atoms with Gasteiger partial charge in [0.2, 0.25) is 5.91 Å². The van der Waals surface area contributed by atoms with E-state index in [9.17, 15) is 19.5 Å². The largest absolute Gasteiger partial charge is 0.395 e. The first-order chi connectivity index (χ1) is 10.8. The molecule has 0 saturated carbocycles. The third kappa shape index (κ3) is 4.40. The molecule has 7 nitrogen and oxygen atoms in total. The van der Waals surface area contributed by atoms with Crippen LogP contribution in [0.15, 0.2) is 39.9 Å². The van der Waals surface area contributed by atoms with Crippen LogP contribution in [-0.4, -0.2) is 27.6 Å². The number of benzene rings is 1. The molecule has 0 saturated heterocycles. The quantitative estimate of drug-likeness (QED) is 0.643. The molecule has 0 aliphatic carbocycles. The average molecular weight is 317 g/mol. The number of hydrogen-bond donors (Lipinski definition) is 4. The first kappa shape index (κ1) is 16.7. The summed E-state index contributed by atoms with van der Waals surface area (Å²) >= 11 is 0. The van der Waals surface area contributed by atoms with Crippen LogP contribution in [0.25, 0.3) is 0 Å². The van der Waals surface area contributed by atoms with E-state index in [4.69, 9.17) is 0 Å². The minimum absolute atomic E-state index is 0.0154. The van der Waals surface area contributed by atoms with E-state index in [-0.39, 0.29) is 24.6 Å². The van der Waals surface area contributed by atoms with Gasteiger partial charge in [0.05, 0.1) is 13.0 Å². The molecular weight excluding hydrogens is 298 g/mol. The van der Waals surface area contributed by atoms with E-state index in [1.54, 1.807) is 18.2 Å². The van der Waals surface area contributed by atoms with Crippen molar-refractivity contribution < 1.29 is 9.90 Å². The van der Waals surface area contributed by atoms with Crippen molar-refractivity contribution in [1.82, 2.24) is 9.97 Å². The minimum atomic E-state index is -0.646. The fourth-order valence-corrected chi connectivity index (χ4v) is 2.10. The lowest BCUT2D eigenvalue weighted by Crippen LogP contribution is -2.25. The number of aliphatic hydroxyl groups excluding tert-OH is 1. The molecule has 1 heterocycles. The van der Waals surface area contributed by atoms with Gasteiger partial charge in [-0.3, -0.25) is 14.6 Å². The molecule has 0 fully saturated rings. The molecule has 0 bridgehead atoms. The number of rotatable bonds is 5. The van der Waals surface area contributed by atoms with Crippen LogP contribution in [0.3, 0.4) is 0 Å². The zero-order valence-electron chi connectivity index (χ0n) is 13.0. The molecule has 0 aliphatic rings. The van der Waals surface area contributed by atoms with Gasteiger partial charge in [-0.2, -0.15) is 0 Å². The second kappa shape index (κ2) is 6.62. The van der Waals surface area contributed by atoms with E-state index in [0.29, 0.717) is 5.69 Å². The van der Waals surface area contributed by atoms with Crippen LogP contribution in [0.5, 0.6) is 0 Å². The van der Waals surface area contributed by atoms with Crippen LogP contribution >= 0.6 is 0 Å². The number of carbonyl (C=O) groups excluding carboxylic acids is 1. The molecule has 4 N–H and O–H groups in total. The Morgan fingerprint density at radius 2 is 1.96 bits per heavy atom. The lowest BCUT2D eigenvalue weighted by Gasteiger charge is -2.22. The van der Waals surface area contributed by atoms with Gasteiger partial charge in [-0.25, -0.2) is 4.79 Å². The Hall–Kier alpha value is -2.67. The van der Waals surface area contributed by atoms with E-state index >= 15 is 0 Å². The van der Waals surface area contributed by atoms with Crippen LogP contribution in [0.2, 0.25) is 0 Å². The third-order valence-corrected chi connectivity index (χ3v) is 3.49. The normalized spacial score (nSPS) is 11.3. The summed E-state index contributed by atoms with van der Waals surface area (Å²) in [5.41, 5.74) is 0.0977. The summed E-state index contributed by atoms with van der Waals surface area (Å²) in [5, 5.41) is 12.1. The van der Waals surface area contributed by atoms with Gasteiger partial charge in [0.25, 0.3) is 5.56 Å². The summed E-state index contributed by atoms with van der Waals surface area (Å²) < 4.78 is 0. The number of hydrogen-bond acceptors (Lipinski definition) is 4. The van der Waals surface area contributed by atoms with Crippen LogP contribution in [-0.2, 0) is 16.6 Å². The van der Waals surface area contributed by atoms with E-state index < -0.39 is 16.7 Å². The fraction of sp³-hybridized carbons (Fsp3) is 0.312. The molecule has 0 atom stereocenters. The first-order valence-corrected chi connectivity index (χ1v) is 7.14.